The standard InChI is InChI=1S/C33H38O15/c1-27-12-20-29(3)33-22(27)23(38)32(48-33,44-13-16(27)24(39)45-20)15-10-19(36)31(46-25(40)17(34)11-21(37)43-4)8-5-6-18(35)28(31,2)14(15)7-9-30(33,42)26(41)47-29/h5-6,14-17,19-20,22,34,36,42H,7-13H2,1-4H3/t14-,15+,16-,17-,19+,20+,22-,27+,28-,29-,30-,31-,32-,33-/m0/s1. The van der Waals surface area contributed by atoms with E-state index in [9.17, 15) is 39.3 Å². The molecule has 2 saturated carbocycles. The van der Waals surface area contributed by atoms with E-state index in [2.05, 4.69) is 4.74 Å². The van der Waals surface area contributed by atoms with Crippen LogP contribution < -0.4 is 0 Å². The predicted molar refractivity (Wildman–Crippen MR) is 152 cm³/mol. The average Bonchev–Trinajstić information content (AvgIpc) is 3.35. The molecule has 0 aromatic rings. The molecule has 5 saturated heterocycles. The number of hydrogen-bond acceptors (Lipinski definition) is 15. The zero-order chi connectivity index (χ0) is 34.6. The van der Waals surface area contributed by atoms with Gasteiger partial charge >= 0.3 is 23.9 Å². The van der Waals surface area contributed by atoms with Crippen molar-refractivity contribution in [2.45, 2.75) is 106 Å². The monoisotopic (exact) mass is 674 g/mol. The zero-order valence-corrected chi connectivity index (χ0v) is 26.9. The van der Waals surface area contributed by atoms with Crippen molar-refractivity contribution < 1.29 is 72.5 Å². The van der Waals surface area contributed by atoms with Crippen LogP contribution in [-0.2, 0) is 57.2 Å². The predicted octanol–water partition coefficient (Wildman–Crippen LogP) is -0.802. The SMILES string of the molecule is COC(=O)C[C@H](O)C(=O)O[C@]12CC=CC(=O)[C@]1(C)[C@H]1CC[C@]3(O)C(=O)O[C@@]4(C)[C@H]5C[C@]6(C)[C@@H](CO[C@]7(O[C@@]43[C@H]6C7=O)[C@@H]1C[C@H]2O)C(=O)O5. The van der Waals surface area contributed by atoms with E-state index in [1.165, 1.54) is 26.0 Å². The molecule has 0 aromatic heterocycles. The first kappa shape index (κ1) is 32.0. The molecule has 0 amide bonds. The lowest BCUT2D eigenvalue weighted by molar-refractivity contribution is -0.382. The molecule has 5 bridgehead atoms. The lowest BCUT2D eigenvalue weighted by atomic mass is 9.46. The normalized spacial score (nSPS) is 53.0. The summed E-state index contributed by atoms with van der Waals surface area (Å²) in [6, 6.07) is 0. The number of aliphatic hydroxyl groups excluding tert-OH is 2. The van der Waals surface area contributed by atoms with Gasteiger partial charge in [-0.05, 0) is 56.9 Å². The Labute approximate surface area is 274 Å². The molecule has 15 nitrogen and oxygen atoms in total. The van der Waals surface area contributed by atoms with Gasteiger partial charge in [0.05, 0.1) is 43.5 Å². The van der Waals surface area contributed by atoms with Gasteiger partial charge in [0, 0.05) is 12.3 Å². The summed E-state index contributed by atoms with van der Waals surface area (Å²) in [5.74, 6) is -11.7. The first-order chi connectivity index (χ1) is 22.4. The van der Waals surface area contributed by atoms with E-state index in [0.29, 0.717) is 0 Å². The molecule has 3 N–H and O–H groups in total. The number of Topliss-reactive ketones (excluding diaryl/α,β-unsaturated/α-hetero) is 1. The molecular formula is C33H38O15. The maximum absolute atomic E-state index is 15.2. The van der Waals surface area contributed by atoms with E-state index in [-0.39, 0.29) is 38.7 Å². The number of aliphatic hydroxyl groups is 3. The first-order valence-corrected chi connectivity index (χ1v) is 16.3. The van der Waals surface area contributed by atoms with Crippen LogP contribution in [0.2, 0.25) is 0 Å². The Balaban J connectivity index is 1.31. The highest BCUT2D eigenvalue weighted by atomic mass is 16.8. The Morgan fingerprint density at radius 1 is 1.12 bits per heavy atom. The van der Waals surface area contributed by atoms with Crippen molar-refractivity contribution in [2.24, 2.45) is 34.5 Å². The minimum absolute atomic E-state index is 0.111. The third-order valence-electron chi connectivity index (χ3n) is 13.8. The number of carbonyl (C=O) groups excluding carboxylic acids is 6. The fraction of sp³-hybridized carbons (Fsp3) is 0.758. The van der Waals surface area contributed by atoms with Crippen LogP contribution in [0.3, 0.4) is 0 Å². The summed E-state index contributed by atoms with van der Waals surface area (Å²) in [4.78, 5) is 82.0. The lowest BCUT2D eigenvalue weighted by Crippen LogP contribution is -2.79. The molecule has 0 unspecified atom stereocenters. The van der Waals surface area contributed by atoms with Crippen molar-refractivity contribution in [2.75, 3.05) is 13.7 Å². The summed E-state index contributed by atoms with van der Waals surface area (Å²) >= 11 is 0. The number of ketones is 2. The second-order valence-corrected chi connectivity index (χ2v) is 15.4. The van der Waals surface area contributed by atoms with E-state index >= 15 is 4.79 Å². The van der Waals surface area contributed by atoms with Crippen LogP contribution >= 0.6 is 0 Å². The van der Waals surface area contributed by atoms with Gasteiger partial charge in [-0.3, -0.25) is 19.2 Å². The van der Waals surface area contributed by atoms with Crippen molar-refractivity contribution in [1.29, 1.82) is 0 Å². The third kappa shape index (κ3) is 3.15. The quantitative estimate of drug-likeness (QED) is 0.246. The highest BCUT2D eigenvalue weighted by molar-refractivity contribution is 6.01. The minimum Gasteiger partial charge on any atom is -0.469 e. The van der Waals surface area contributed by atoms with Gasteiger partial charge in [-0.1, -0.05) is 13.0 Å². The number of esters is 4. The largest absolute Gasteiger partial charge is 0.469 e. The zero-order valence-electron chi connectivity index (χ0n) is 26.9. The molecule has 5 heterocycles. The number of methoxy groups -OCH3 is 1. The molecule has 8 aliphatic rings. The van der Waals surface area contributed by atoms with E-state index in [4.69, 9.17) is 23.7 Å². The second-order valence-electron chi connectivity index (χ2n) is 15.4. The number of fused-ring (bicyclic) bond motifs is 5. The molecule has 2 spiro atoms. The molecule has 0 aromatic carbocycles. The maximum atomic E-state index is 15.2. The Morgan fingerprint density at radius 3 is 2.56 bits per heavy atom. The van der Waals surface area contributed by atoms with Crippen LogP contribution in [0.4, 0.5) is 0 Å². The van der Waals surface area contributed by atoms with Gasteiger partial charge in [0.2, 0.25) is 5.79 Å². The number of rotatable bonds is 4. The van der Waals surface area contributed by atoms with Crippen molar-refractivity contribution >= 4 is 35.4 Å². The van der Waals surface area contributed by atoms with Crippen LogP contribution in [0.1, 0.15) is 59.3 Å². The van der Waals surface area contributed by atoms with Crippen LogP contribution in [0.5, 0.6) is 0 Å². The highest BCUT2D eigenvalue weighted by Crippen LogP contribution is 2.75. The smallest absolute Gasteiger partial charge is 0.342 e. The summed E-state index contributed by atoms with van der Waals surface area (Å²) in [6.45, 7) is 4.39. The molecule has 260 valence electrons. The van der Waals surface area contributed by atoms with Crippen LogP contribution in [0, 0.1) is 34.5 Å². The van der Waals surface area contributed by atoms with E-state index in [1.54, 1.807) is 6.92 Å². The van der Waals surface area contributed by atoms with Crippen molar-refractivity contribution in [3.63, 3.8) is 0 Å². The summed E-state index contributed by atoms with van der Waals surface area (Å²) in [5, 5.41) is 35.2. The minimum atomic E-state index is -2.46. The van der Waals surface area contributed by atoms with E-state index in [1.807, 2.05) is 0 Å². The topological polar surface area (TPSA) is 218 Å². The number of allylic oxidation sites excluding steroid dienone is 1. The molecule has 5 aliphatic heterocycles. The Hall–Kier alpha value is -3.24. The fourth-order valence-electron chi connectivity index (χ4n) is 11.3. The van der Waals surface area contributed by atoms with Crippen LogP contribution in [0.15, 0.2) is 12.2 Å². The third-order valence-corrected chi connectivity index (χ3v) is 13.8. The number of ether oxygens (including phenoxy) is 6. The second kappa shape index (κ2) is 9.30. The van der Waals surface area contributed by atoms with E-state index in [0.717, 1.165) is 7.11 Å². The number of carbonyl (C=O) groups is 6. The van der Waals surface area contributed by atoms with Crippen molar-refractivity contribution in [1.82, 2.24) is 0 Å². The Bertz CT molecular complexity index is 1620. The summed E-state index contributed by atoms with van der Waals surface area (Å²) in [6.07, 6.45) is -3.52. The maximum Gasteiger partial charge on any atom is 0.342 e. The van der Waals surface area contributed by atoms with E-state index < -0.39 is 123 Å². The van der Waals surface area contributed by atoms with Gasteiger partial charge in [-0.15, -0.1) is 0 Å². The van der Waals surface area contributed by atoms with Gasteiger partial charge in [0.15, 0.2) is 40.1 Å². The Morgan fingerprint density at radius 2 is 1.85 bits per heavy atom. The lowest BCUT2D eigenvalue weighted by Gasteiger charge is -2.64. The molecule has 7 fully saturated rings. The molecule has 14 atom stereocenters. The first-order valence-electron chi connectivity index (χ1n) is 16.3. The van der Waals surface area contributed by atoms with Gasteiger partial charge in [0.1, 0.15) is 6.10 Å². The van der Waals surface area contributed by atoms with Crippen molar-refractivity contribution in [3.8, 4) is 0 Å². The van der Waals surface area contributed by atoms with Gasteiger partial charge in [-0.25, -0.2) is 9.59 Å². The summed E-state index contributed by atoms with van der Waals surface area (Å²) in [5.41, 5.74) is -11.3. The van der Waals surface area contributed by atoms with Crippen LogP contribution in [0.25, 0.3) is 0 Å². The Kier molecular flexibility index (Phi) is 6.20. The summed E-state index contributed by atoms with van der Waals surface area (Å²) < 4.78 is 35.5. The number of hydrogen-bond donors (Lipinski definition) is 3. The molecule has 15 heteroatoms. The molecular weight excluding hydrogens is 636 g/mol. The molecule has 48 heavy (non-hydrogen) atoms. The van der Waals surface area contributed by atoms with Crippen LogP contribution in [-0.4, -0.2) is 111 Å². The van der Waals surface area contributed by atoms with Gasteiger partial charge in [-0.2, -0.15) is 0 Å². The van der Waals surface area contributed by atoms with Crippen molar-refractivity contribution in [3.05, 3.63) is 12.2 Å². The molecule has 8 rings (SSSR count). The van der Waals surface area contributed by atoms with Gasteiger partial charge < -0.3 is 43.7 Å². The summed E-state index contributed by atoms with van der Waals surface area (Å²) in [7, 11) is 1.08. The molecule has 0 radical (unpaired) electrons. The van der Waals surface area contributed by atoms with Gasteiger partial charge in [0.25, 0.3) is 0 Å². The highest BCUT2D eigenvalue weighted by Gasteiger charge is 2.93. The molecule has 3 aliphatic carbocycles. The average molecular weight is 675 g/mol. The fourth-order valence-corrected chi connectivity index (χ4v) is 11.3.